The van der Waals surface area contributed by atoms with E-state index in [9.17, 15) is 0 Å². The predicted molar refractivity (Wildman–Crippen MR) is 64.8 cm³/mol. The van der Waals surface area contributed by atoms with Gasteiger partial charge in [0.05, 0.1) is 5.71 Å². The number of benzene rings is 1. The Bertz CT molecular complexity index is 352. The van der Waals surface area contributed by atoms with Crippen LogP contribution in [0, 0.1) is 0 Å². The van der Waals surface area contributed by atoms with Gasteiger partial charge in [-0.15, -0.1) is 0 Å². The van der Waals surface area contributed by atoms with E-state index < -0.39 is 0 Å². The molecule has 1 aromatic rings. The minimum absolute atomic E-state index is 0.878. The van der Waals surface area contributed by atoms with Crippen LogP contribution >= 0.6 is 0 Å². The minimum Gasteiger partial charge on any atom is -0.399 e. The maximum atomic E-state index is 4.80. The highest BCUT2D eigenvalue weighted by Crippen LogP contribution is 2.09. The van der Waals surface area contributed by atoms with Gasteiger partial charge in [0, 0.05) is 0 Å². The second kappa shape index (κ2) is 6.02. The van der Waals surface area contributed by atoms with Crippen LogP contribution in [0.15, 0.2) is 41.1 Å². The van der Waals surface area contributed by atoms with E-state index in [0.717, 1.165) is 17.7 Å². The van der Waals surface area contributed by atoms with E-state index >= 15 is 0 Å². The lowest BCUT2D eigenvalue weighted by Crippen LogP contribution is -1.98. The minimum atomic E-state index is 0.878. The molecular weight excluding hydrogens is 186 g/mol. The zero-order valence-corrected chi connectivity index (χ0v) is 9.53. The fourth-order valence-corrected chi connectivity index (χ4v) is 1.41. The van der Waals surface area contributed by atoms with E-state index in [-0.39, 0.29) is 0 Å². The van der Waals surface area contributed by atoms with Gasteiger partial charge in [-0.3, -0.25) is 0 Å². The van der Waals surface area contributed by atoms with Crippen molar-refractivity contribution in [2.75, 3.05) is 7.11 Å². The Kier molecular flexibility index (Phi) is 4.61. The van der Waals surface area contributed by atoms with Crippen LogP contribution in [0.3, 0.4) is 0 Å². The van der Waals surface area contributed by atoms with Crippen molar-refractivity contribution in [2.24, 2.45) is 5.16 Å². The van der Waals surface area contributed by atoms with Crippen LogP contribution in [-0.4, -0.2) is 12.8 Å². The van der Waals surface area contributed by atoms with Crippen molar-refractivity contribution < 1.29 is 4.84 Å². The van der Waals surface area contributed by atoms with Crippen molar-refractivity contribution in [3.8, 4) is 0 Å². The van der Waals surface area contributed by atoms with Crippen LogP contribution in [0.25, 0.3) is 6.08 Å². The van der Waals surface area contributed by atoms with E-state index in [1.807, 2.05) is 25.1 Å². The summed E-state index contributed by atoms with van der Waals surface area (Å²) in [5.74, 6) is 0. The molecule has 0 spiro atoms. The Balaban J connectivity index is 2.88. The molecule has 0 saturated carbocycles. The van der Waals surface area contributed by atoms with Gasteiger partial charge in [-0.2, -0.15) is 0 Å². The quantitative estimate of drug-likeness (QED) is 0.542. The maximum Gasteiger partial charge on any atom is 0.106 e. The monoisotopic (exact) mass is 203 g/mol. The lowest BCUT2D eigenvalue weighted by molar-refractivity contribution is 0.213. The molecule has 0 atom stereocenters. The first-order valence-electron chi connectivity index (χ1n) is 5.11. The number of hydrogen-bond donors (Lipinski definition) is 0. The van der Waals surface area contributed by atoms with Gasteiger partial charge < -0.3 is 4.84 Å². The Morgan fingerprint density at radius 1 is 1.33 bits per heavy atom. The van der Waals surface area contributed by atoms with Gasteiger partial charge in [0.15, 0.2) is 0 Å². The molecule has 0 aromatic heterocycles. The molecule has 0 N–H and O–H groups in total. The molecule has 2 heteroatoms. The number of allylic oxidation sites excluding steroid dienone is 1. The largest absolute Gasteiger partial charge is 0.399 e. The van der Waals surface area contributed by atoms with Gasteiger partial charge >= 0.3 is 0 Å². The van der Waals surface area contributed by atoms with Crippen molar-refractivity contribution in [1.29, 1.82) is 0 Å². The molecule has 0 aliphatic heterocycles. The molecule has 1 rings (SSSR count). The van der Waals surface area contributed by atoms with Crippen LogP contribution in [0.5, 0.6) is 0 Å². The van der Waals surface area contributed by atoms with E-state index in [0.29, 0.717) is 0 Å². The second-order valence-corrected chi connectivity index (χ2v) is 3.31. The lowest BCUT2D eigenvalue weighted by Gasteiger charge is -2.02. The smallest absolute Gasteiger partial charge is 0.106 e. The van der Waals surface area contributed by atoms with Crippen molar-refractivity contribution in [2.45, 2.75) is 20.3 Å². The SMILES string of the molecule is CCC(=N\OC)/C(C)=C/c1ccccc1. The topological polar surface area (TPSA) is 21.6 Å². The first-order chi connectivity index (χ1) is 7.27. The highest BCUT2D eigenvalue weighted by Gasteiger charge is 1.99. The lowest BCUT2D eigenvalue weighted by atomic mass is 10.1. The third kappa shape index (κ3) is 3.58. The summed E-state index contributed by atoms with van der Waals surface area (Å²) in [6, 6.07) is 10.2. The van der Waals surface area contributed by atoms with Gasteiger partial charge in [0.25, 0.3) is 0 Å². The molecule has 15 heavy (non-hydrogen) atoms. The molecule has 0 unspecified atom stereocenters. The molecule has 0 bridgehead atoms. The molecule has 0 fully saturated rings. The van der Waals surface area contributed by atoms with Crippen LogP contribution in [0.4, 0.5) is 0 Å². The first-order valence-corrected chi connectivity index (χ1v) is 5.11. The van der Waals surface area contributed by atoms with Gasteiger partial charge in [-0.05, 0) is 24.5 Å². The third-order valence-corrected chi connectivity index (χ3v) is 2.17. The summed E-state index contributed by atoms with van der Waals surface area (Å²) < 4.78 is 0. The van der Waals surface area contributed by atoms with Gasteiger partial charge in [0.1, 0.15) is 7.11 Å². The summed E-state index contributed by atoms with van der Waals surface area (Å²) in [6.07, 6.45) is 2.99. The van der Waals surface area contributed by atoms with Crippen LogP contribution in [0.2, 0.25) is 0 Å². The molecule has 0 aliphatic carbocycles. The maximum absolute atomic E-state index is 4.80. The normalized spacial score (nSPS) is 12.7. The molecule has 2 nitrogen and oxygen atoms in total. The van der Waals surface area contributed by atoms with Crippen LogP contribution < -0.4 is 0 Å². The summed E-state index contributed by atoms with van der Waals surface area (Å²) in [7, 11) is 1.57. The molecule has 0 heterocycles. The van der Waals surface area contributed by atoms with Gasteiger partial charge in [0.2, 0.25) is 0 Å². The van der Waals surface area contributed by atoms with Gasteiger partial charge in [-0.25, -0.2) is 0 Å². The second-order valence-electron chi connectivity index (χ2n) is 3.31. The molecule has 0 radical (unpaired) electrons. The van der Waals surface area contributed by atoms with Crippen molar-refractivity contribution in [1.82, 2.24) is 0 Å². The van der Waals surface area contributed by atoms with Crippen LogP contribution in [0.1, 0.15) is 25.8 Å². The van der Waals surface area contributed by atoms with E-state index in [4.69, 9.17) is 4.84 Å². The average Bonchev–Trinajstić information content (AvgIpc) is 2.27. The molecule has 80 valence electrons. The Hall–Kier alpha value is -1.57. The predicted octanol–water partition coefficient (Wildman–Crippen LogP) is 3.50. The zero-order chi connectivity index (χ0) is 11.1. The van der Waals surface area contributed by atoms with E-state index in [1.165, 1.54) is 5.56 Å². The van der Waals surface area contributed by atoms with Crippen LogP contribution in [-0.2, 0) is 4.84 Å². The van der Waals surface area contributed by atoms with Crippen molar-refractivity contribution in [3.63, 3.8) is 0 Å². The summed E-state index contributed by atoms with van der Waals surface area (Å²) in [5.41, 5.74) is 3.32. The number of rotatable bonds is 4. The third-order valence-electron chi connectivity index (χ3n) is 2.17. The number of hydrogen-bond acceptors (Lipinski definition) is 2. The van der Waals surface area contributed by atoms with Crippen molar-refractivity contribution in [3.05, 3.63) is 41.5 Å². The van der Waals surface area contributed by atoms with Crippen molar-refractivity contribution >= 4 is 11.8 Å². The first kappa shape index (κ1) is 11.5. The summed E-state index contributed by atoms with van der Waals surface area (Å²) in [6.45, 7) is 4.12. The molecule has 0 saturated heterocycles. The summed E-state index contributed by atoms with van der Waals surface area (Å²) >= 11 is 0. The average molecular weight is 203 g/mol. The number of oxime groups is 1. The summed E-state index contributed by atoms with van der Waals surface area (Å²) in [4.78, 5) is 4.80. The molecule has 0 amide bonds. The van der Waals surface area contributed by atoms with E-state index in [2.05, 4.69) is 30.3 Å². The Labute approximate surface area is 91.3 Å². The standard InChI is InChI=1S/C13H17NO/c1-4-13(14-15-3)11(2)10-12-8-6-5-7-9-12/h5-10H,4H2,1-3H3/b11-10+,14-13+. The highest BCUT2D eigenvalue weighted by molar-refractivity contribution is 6.02. The zero-order valence-electron chi connectivity index (χ0n) is 9.53. The fraction of sp³-hybridized carbons (Fsp3) is 0.308. The fourth-order valence-electron chi connectivity index (χ4n) is 1.41. The Morgan fingerprint density at radius 3 is 2.53 bits per heavy atom. The highest BCUT2D eigenvalue weighted by atomic mass is 16.6. The summed E-state index contributed by atoms with van der Waals surface area (Å²) in [5, 5.41) is 3.99. The molecule has 0 aliphatic rings. The van der Waals surface area contributed by atoms with E-state index in [1.54, 1.807) is 7.11 Å². The van der Waals surface area contributed by atoms with Gasteiger partial charge in [-0.1, -0.05) is 48.5 Å². The number of nitrogens with zero attached hydrogens (tertiary/aromatic N) is 1. The molecule has 1 aromatic carbocycles. The molecular formula is C13H17NO. The Morgan fingerprint density at radius 2 is 2.00 bits per heavy atom.